The molecule has 1 atom stereocenters. The number of benzene rings is 1. The lowest BCUT2D eigenvalue weighted by molar-refractivity contribution is 0.294. The van der Waals surface area contributed by atoms with Crippen molar-refractivity contribution in [2.24, 2.45) is 0 Å². The Bertz CT molecular complexity index is 596. The van der Waals surface area contributed by atoms with Gasteiger partial charge in [-0.3, -0.25) is 4.98 Å². The van der Waals surface area contributed by atoms with Gasteiger partial charge < -0.3 is 10.1 Å². The standard InChI is InChI=1S/C18H24N2O/c1-5-19-15(4)16-9-8-13(2)11-18(16)21-12-17-14(3)7-6-10-20-17/h6-11,15,19H,5,12H2,1-4H3. The molecule has 0 saturated heterocycles. The van der Waals surface area contributed by atoms with E-state index in [2.05, 4.69) is 62.3 Å². The topological polar surface area (TPSA) is 34.1 Å². The van der Waals surface area contributed by atoms with E-state index in [-0.39, 0.29) is 6.04 Å². The molecule has 1 heterocycles. The summed E-state index contributed by atoms with van der Waals surface area (Å²) in [4.78, 5) is 4.39. The Labute approximate surface area is 127 Å². The SMILES string of the molecule is CCNC(C)c1ccc(C)cc1OCc1ncccc1C. The van der Waals surface area contributed by atoms with Gasteiger partial charge in [-0.2, -0.15) is 0 Å². The number of nitrogens with one attached hydrogen (secondary N) is 1. The molecule has 0 radical (unpaired) electrons. The van der Waals surface area contributed by atoms with E-state index in [1.54, 1.807) is 0 Å². The van der Waals surface area contributed by atoms with Crippen molar-refractivity contribution in [2.75, 3.05) is 6.54 Å². The highest BCUT2D eigenvalue weighted by Gasteiger charge is 2.11. The molecule has 0 amide bonds. The minimum atomic E-state index is 0.274. The molecule has 1 aromatic carbocycles. The van der Waals surface area contributed by atoms with Crippen LogP contribution in [-0.4, -0.2) is 11.5 Å². The quantitative estimate of drug-likeness (QED) is 0.872. The van der Waals surface area contributed by atoms with Crippen LogP contribution >= 0.6 is 0 Å². The highest BCUT2D eigenvalue weighted by Crippen LogP contribution is 2.27. The predicted octanol–water partition coefficient (Wildman–Crippen LogP) is 3.95. The molecule has 1 unspecified atom stereocenters. The smallest absolute Gasteiger partial charge is 0.130 e. The maximum atomic E-state index is 6.05. The van der Waals surface area contributed by atoms with E-state index in [0.29, 0.717) is 6.61 Å². The number of ether oxygens (including phenoxy) is 1. The molecule has 2 rings (SSSR count). The summed E-state index contributed by atoms with van der Waals surface area (Å²) >= 11 is 0. The second kappa shape index (κ2) is 7.23. The lowest BCUT2D eigenvalue weighted by Crippen LogP contribution is -2.18. The first-order valence-electron chi connectivity index (χ1n) is 7.49. The molecule has 21 heavy (non-hydrogen) atoms. The van der Waals surface area contributed by atoms with Crippen LogP contribution in [0.25, 0.3) is 0 Å². The first kappa shape index (κ1) is 15.5. The third kappa shape index (κ3) is 4.05. The van der Waals surface area contributed by atoms with Crippen molar-refractivity contribution in [2.45, 2.75) is 40.3 Å². The summed E-state index contributed by atoms with van der Waals surface area (Å²) in [6.07, 6.45) is 1.81. The zero-order valence-corrected chi connectivity index (χ0v) is 13.3. The van der Waals surface area contributed by atoms with Gasteiger partial charge in [-0.05, 0) is 50.6 Å². The fourth-order valence-electron chi connectivity index (χ4n) is 2.36. The van der Waals surface area contributed by atoms with Crippen LogP contribution in [0.1, 0.15) is 42.3 Å². The molecular formula is C18H24N2O. The molecule has 0 fully saturated rings. The third-order valence-electron chi connectivity index (χ3n) is 3.63. The molecule has 0 aliphatic heterocycles. The summed E-state index contributed by atoms with van der Waals surface area (Å²) < 4.78 is 6.05. The van der Waals surface area contributed by atoms with E-state index < -0.39 is 0 Å². The molecule has 1 N–H and O–H groups in total. The maximum absolute atomic E-state index is 6.05. The molecule has 0 spiro atoms. The summed E-state index contributed by atoms with van der Waals surface area (Å²) in [5.74, 6) is 0.938. The maximum Gasteiger partial charge on any atom is 0.130 e. The minimum Gasteiger partial charge on any atom is -0.487 e. The Hall–Kier alpha value is -1.87. The predicted molar refractivity (Wildman–Crippen MR) is 86.6 cm³/mol. The van der Waals surface area contributed by atoms with Crippen molar-refractivity contribution in [1.29, 1.82) is 0 Å². The lowest BCUT2D eigenvalue weighted by atomic mass is 10.0. The van der Waals surface area contributed by atoms with E-state index in [9.17, 15) is 0 Å². The Morgan fingerprint density at radius 2 is 2.05 bits per heavy atom. The highest BCUT2D eigenvalue weighted by atomic mass is 16.5. The third-order valence-corrected chi connectivity index (χ3v) is 3.63. The van der Waals surface area contributed by atoms with E-state index in [1.165, 1.54) is 11.1 Å². The normalized spacial score (nSPS) is 12.2. The first-order valence-corrected chi connectivity index (χ1v) is 7.49. The van der Waals surface area contributed by atoms with Crippen molar-refractivity contribution >= 4 is 0 Å². The van der Waals surface area contributed by atoms with Crippen LogP contribution < -0.4 is 10.1 Å². The number of aryl methyl sites for hydroxylation is 2. The summed E-state index contributed by atoms with van der Waals surface area (Å²) in [5, 5.41) is 3.44. The van der Waals surface area contributed by atoms with Gasteiger partial charge >= 0.3 is 0 Å². The minimum absolute atomic E-state index is 0.274. The number of nitrogens with zero attached hydrogens (tertiary/aromatic N) is 1. The summed E-state index contributed by atoms with van der Waals surface area (Å²) in [7, 11) is 0. The molecule has 1 aromatic heterocycles. The second-order valence-electron chi connectivity index (χ2n) is 5.38. The van der Waals surface area contributed by atoms with Gasteiger partial charge in [-0.1, -0.05) is 25.1 Å². The molecule has 0 aliphatic rings. The Kier molecular flexibility index (Phi) is 5.34. The van der Waals surface area contributed by atoms with Gasteiger partial charge in [0, 0.05) is 17.8 Å². The van der Waals surface area contributed by atoms with E-state index in [4.69, 9.17) is 4.74 Å². The monoisotopic (exact) mass is 284 g/mol. The number of hydrogen-bond donors (Lipinski definition) is 1. The van der Waals surface area contributed by atoms with Crippen molar-refractivity contribution in [3.63, 3.8) is 0 Å². The van der Waals surface area contributed by atoms with Crippen molar-refractivity contribution in [3.05, 3.63) is 58.9 Å². The summed E-state index contributed by atoms with van der Waals surface area (Å²) in [5.41, 5.74) is 4.54. The fraction of sp³-hybridized carbons (Fsp3) is 0.389. The molecule has 0 aliphatic carbocycles. The van der Waals surface area contributed by atoms with E-state index >= 15 is 0 Å². The van der Waals surface area contributed by atoms with Gasteiger partial charge in [0.05, 0.1) is 5.69 Å². The van der Waals surface area contributed by atoms with Crippen LogP contribution in [0.15, 0.2) is 36.5 Å². The summed E-state index contributed by atoms with van der Waals surface area (Å²) in [6, 6.07) is 10.6. The first-order chi connectivity index (χ1) is 10.1. The van der Waals surface area contributed by atoms with Crippen molar-refractivity contribution in [1.82, 2.24) is 10.3 Å². The molecule has 0 saturated carbocycles. The molecular weight excluding hydrogens is 260 g/mol. The van der Waals surface area contributed by atoms with Crippen molar-refractivity contribution in [3.8, 4) is 5.75 Å². The van der Waals surface area contributed by atoms with Crippen LogP contribution in [-0.2, 0) is 6.61 Å². The number of rotatable bonds is 6. The molecule has 0 bridgehead atoms. The Balaban J connectivity index is 2.18. The van der Waals surface area contributed by atoms with E-state index in [1.807, 2.05) is 12.3 Å². The van der Waals surface area contributed by atoms with Gasteiger partial charge in [0.1, 0.15) is 12.4 Å². The fourth-order valence-corrected chi connectivity index (χ4v) is 2.36. The number of pyridine rings is 1. The van der Waals surface area contributed by atoms with Crippen LogP contribution in [0, 0.1) is 13.8 Å². The average molecular weight is 284 g/mol. The number of aromatic nitrogens is 1. The molecule has 3 heteroatoms. The largest absolute Gasteiger partial charge is 0.487 e. The zero-order chi connectivity index (χ0) is 15.2. The number of hydrogen-bond acceptors (Lipinski definition) is 3. The Morgan fingerprint density at radius 1 is 1.24 bits per heavy atom. The van der Waals surface area contributed by atoms with E-state index in [0.717, 1.165) is 23.6 Å². The zero-order valence-electron chi connectivity index (χ0n) is 13.3. The summed E-state index contributed by atoms with van der Waals surface area (Å²) in [6.45, 7) is 9.86. The van der Waals surface area contributed by atoms with Gasteiger partial charge in [0.15, 0.2) is 0 Å². The highest BCUT2D eigenvalue weighted by molar-refractivity contribution is 5.39. The van der Waals surface area contributed by atoms with Crippen LogP contribution in [0.4, 0.5) is 0 Å². The molecule has 112 valence electrons. The van der Waals surface area contributed by atoms with Crippen LogP contribution in [0.2, 0.25) is 0 Å². The van der Waals surface area contributed by atoms with Crippen LogP contribution in [0.3, 0.4) is 0 Å². The van der Waals surface area contributed by atoms with Crippen molar-refractivity contribution < 1.29 is 4.74 Å². The Morgan fingerprint density at radius 3 is 2.76 bits per heavy atom. The average Bonchev–Trinajstić information content (AvgIpc) is 2.46. The van der Waals surface area contributed by atoms with Gasteiger partial charge in [0.25, 0.3) is 0 Å². The van der Waals surface area contributed by atoms with Gasteiger partial charge in [-0.25, -0.2) is 0 Å². The lowest BCUT2D eigenvalue weighted by Gasteiger charge is -2.18. The van der Waals surface area contributed by atoms with Crippen LogP contribution in [0.5, 0.6) is 5.75 Å². The van der Waals surface area contributed by atoms with Gasteiger partial charge in [0.2, 0.25) is 0 Å². The van der Waals surface area contributed by atoms with Gasteiger partial charge in [-0.15, -0.1) is 0 Å². The molecule has 2 aromatic rings. The second-order valence-corrected chi connectivity index (χ2v) is 5.38. The molecule has 3 nitrogen and oxygen atoms in total.